The number of nitrogens with zero attached hydrogens (tertiary/aromatic N) is 1. The number of Topliss-reactive ketones (excluding diaryl/α,β-unsaturated/α-hetero) is 1. The van der Waals surface area contributed by atoms with Crippen molar-refractivity contribution in [1.82, 2.24) is 11.1 Å². The Morgan fingerprint density at radius 2 is 1.79 bits per heavy atom. The number of aryl methyl sites for hydroxylation is 1. The molecule has 3 atom stereocenters. The lowest BCUT2D eigenvalue weighted by molar-refractivity contribution is 0.0949. The minimum atomic E-state index is -0.273. The zero-order valence-electron chi connectivity index (χ0n) is 23.2. The van der Waals surface area contributed by atoms with E-state index in [1.54, 1.807) is 19.2 Å². The minimum Gasteiger partial charge on any atom is -0.496 e. The van der Waals surface area contributed by atoms with E-state index >= 15 is 0 Å². The van der Waals surface area contributed by atoms with Crippen LogP contribution in [-0.4, -0.2) is 37.0 Å². The molecule has 208 valence electrons. The van der Waals surface area contributed by atoms with Crippen molar-refractivity contribution in [3.05, 3.63) is 77.1 Å². The zero-order valence-corrected chi connectivity index (χ0v) is 23.2. The van der Waals surface area contributed by atoms with Crippen LogP contribution < -0.4 is 21.4 Å². The fourth-order valence-electron chi connectivity index (χ4n) is 6.41. The van der Waals surface area contributed by atoms with Gasteiger partial charge in [0.15, 0.2) is 5.78 Å². The molecule has 0 spiro atoms. The summed E-state index contributed by atoms with van der Waals surface area (Å²) >= 11 is 0. The van der Waals surface area contributed by atoms with Crippen LogP contribution in [0.1, 0.15) is 54.1 Å². The van der Waals surface area contributed by atoms with Crippen LogP contribution in [-0.2, 0) is 6.54 Å². The molecule has 0 radical (unpaired) electrons. The molecule has 3 aromatic carbocycles. The summed E-state index contributed by atoms with van der Waals surface area (Å²) in [5, 5.41) is 0. The number of ether oxygens (including phenoxy) is 2. The summed E-state index contributed by atoms with van der Waals surface area (Å²) in [7, 11) is 1.66. The highest BCUT2D eigenvalue weighted by Gasteiger charge is 2.44. The molecule has 1 saturated heterocycles. The molecule has 1 aliphatic heterocycles. The van der Waals surface area contributed by atoms with Gasteiger partial charge in [0.1, 0.15) is 17.3 Å². The summed E-state index contributed by atoms with van der Waals surface area (Å²) in [5.41, 5.74) is 11.3. The van der Waals surface area contributed by atoms with Crippen molar-refractivity contribution in [3.63, 3.8) is 0 Å². The third kappa shape index (κ3) is 5.94. The molecule has 1 heterocycles. The van der Waals surface area contributed by atoms with E-state index in [0.717, 1.165) is 71.7 Å². The van der Waals surface area contributed by atoms with Gasteiger partial charge in [0, 0.05) is 30.3 Å². The molecule has 2 aliphatic rings. The van der Waals surface area contributed by atoms with E-state index < -0.39 is 0 Å². The van der Waals surface area contributed by atoms with Gasteiger partial charge in [-0.15, -0.1) is 0 Å². The number of carbonyl (C=O) groups excluding carboxylic acids is 1. The number of nitrogens with two attached hydrogens (primary N) is 1. The lowest BCUT2D eigenvalue weighted by Gasteiger charge is -2.25. The van der Waals surface area contributed by atoms with Crippen molar-refractivity contribution in [2.24, 2.45) is 11.8 Å². The summed E-state index contributed by atoms with van der Waals surface area (Å²) in [6.07, 6.45) is 3.89. The van der Waals surface area contributed by atoms with E-state index in [1.807, 2.05) is 32.0 Å². The van der Waals surface area contributed by atoms with Crippen molar-refractivity contribution < 1.29 is 18.7 Å². The van der Waals surface area contributed by atoms with Crippen LogP contribution in [0.15, 0.2) is 54.6 Å². The molecule has 0 aromatic heterocycles. The number of rotatable bonds is 9. The van der Waals surface area contributed by atoms with Gasteiger partial charge in [0.2, 0.25) is 0 Å². The third-order valence-electron chi connectivity index (χ3n) is 8.36. The van der Waals surface area contributed by atoms with Gasteiger partial charge < -0.3 is 21.4 Å². The van der Waals surface area contributed by atoms with Crippen LogP contribution in [0, 0.1) is 24.6 Å². The predicted molar refractivity (Wildman–Crippen MR) is 154 cm³/mol. The fraction of sp³-hybridized carbons (Fsp3) is 0.406. The molecule has 5 N–H and O–H groups in total. The Morgan fingerprint density at radius 3 is 2.49 bits per heavy atom. The molecule has 5 rings (SSSR count). The number of methoxy groups -OCH3 is 1. The molecule has 1 aliphatic carbocycles. The minimum absolute atomic E-state index is 0. The Balaban J connectivity index is 0.00000353. The first-order valence-electron chi connectivity index (χ1n) is 13.6. The van der Waals surface area contributed by atoms with Gasteiger partial charge in [-0.1, -0.05) is 24.3 Å². The average molecular weight is 534 g/mol. The number of anilines is 1. The molecule has 3 aromatic rings. The van der Waals surface area contributed by atoms with Crippen LogP contribution in [0.4, 0.5) is 10.1 Å². The first-order chi connectivity index (χ1) is 18.4. The molecule has 1 unspecified atom stereocenters. The first kappa shape index (κ1) is 28.6. The van der Waals surface area contributed by atoms with E-state index in [4.69, 9.17) is 15.2 Å². The number of halogens is 1. The number of hydrogen-bond donors (Lipinski definition) is 2. The molecule has 6 nitrogen and oxygen atoms in total. The highest BCUT2D eigenvalue weighted by molar-refractivity contribution is 5.97. The van der Waals surface area contributed by atoms with Crippen molar-refractivity contribution in [2.45, 2.75) is 52.1 Å². The number of benzene rings is 3. The van der Waals surface area contributed by atoms with E-state index in [0.29, 0.717) is 36.6 Å². The Kier molecular flexibility index (Phi) is 8.93. The highest BCUT2D eigenvalue weighted by Crippen LogP contribution is 2.46. The quantitative estimate of drug-likeness (QED) is 0.231. The van der Waals surface area contributed by atoms with Gasteiger partial charge in [-0.3, -0.25) is 9.69 Å². The van der Waals surface area contributed by atoms with E-state index in [1.165, 1.54) is 12.1 Å². The van der Waals surface area contributed by atoms with Crippen molar-refractivity contribution >= 4 is 11.5 Å². The predicted octanol–water partition coefficient (Wildman–Crippen LogP) is 6.83. The van der Waals surface area contributed by atoms with Gasteiger partial charge in [-0.05, 0) is 98.5 Å². The molecule has 1 saturated carbocycles. The zero-order chi connectivity index (χ0) is 26.8. The summed E-state index contributed by atoms with van der Waals surface area (Å²) in [4.78, 5) is 15.6. The van der Waals surface area contributed by atoms with Gasteiger partial charge in [-0.2, -0.15) is 0 Å². The number of ketones is 1. The summed E-state index contributed by atoms with van der Waals surface area (Å²) in [6, 6.07) is 16.7. The van der Waals surface area contributed by atoms with Crippen molar-refractivity contribution in [2.75, 3.05) is 26.0 Å². The highest BCUT2D eigenvalue weighted by atomic mass is 19.1. The van der Waals surface area contributed by atoms with Crippen molar-refractivity contribution in [1.29, 1.82) is 0 Å². The van der Waals surface area contributed by atoms with Gasteiger partial charge >= 0.3 is 0 Å². The van der Waals surface area contributed by atoms with Crippen LogP contribution in [0.5, 0.6) is 11.5 Å². The van der Waals surface area contributed by atoms with Crippen LogP contribution in [0.2, 0.25) is 0 Å². The molecular formula is C32H40FN3O3. The third-order valence-corrected chi connectivity index (χ3v) is 8.36. The maximum Gasteiger partial charge on any atom is 0.163 e. The maximum atomic E-state index is 13.6. The van der Waals surface area contributed by atoms with Gasteiger partial charge in [0.25, 0.3) is 0 Å². The largest absolute Gasteiger partial charge is 0.496 e. The molecular weight excluding hydrogens is 493 g/mol. The van der Waals surface area contributed by atoms with E-state index in [-0.39, 0.29) is 17.8 Å². The number of fused-ring (bicyclic) bond motifs is 1. The van der Waals surface area contributed by atoms with Crippen LogP contribution in [0.3, 0.4) is 0 Å². The standard InChI is InChI=1S/C32H37FN2O3.H3N/c1-4-38-31-16-21(15-30(37-3)32(31)22-7-10-25(33)11-8-22)19-35-14-13-26-23(9-12-28(26)35)18-29(36)24-6-5-20(2)27(34)17-24;/h5-8,10-11,15-17,23,26,28H,4,9,12-14,18-19,34H2,1-3H3;1H3/t23?,26-,28+;/m0./s1. The topological polar surface area (TPSA) is 99.8 Å². The molecule has 0 amide bonds. The molecule has 2 fully saturated rings. The fourth-order valence-corrected chi connectivity index (χ4v) is 6.41. The lowest BCUT2D eigenvalue weighted by atomic mass is 9.87. The SMILES string of the molecule is CCOc1cc(CN2CC[C@H]3C(CC(=O)c4ccc(C)c(N)c4)CC[C@H]32)cc(OC)c1-c1ccc(F)cc1.N. The Morgan fingerprint density at radius 1 is 1.05 bits per heavy atom. The Labute approximate surface area is 230 Å². The van der Waals surface area contributed by atoms with E-state index in [9.17, 15) is 9.18 Å². The molecule has 7 heteroatoms. The summed E-state index contributed by atoms with van der Waals surface area (Å²) in [5.74, 6) is 2.34. The second-order valence-corrected chi connectivity index (χ2v) is 10.6. The monoisotopic (exact) mass is 533 g/mol. The lowest BCUT2D eigenvalue weighted by Crippen LogP contribution is -2.30. The molecule has 39 heavy (non-hydrogen) atoms. The summed E-state index contributed by atoms with van der Waals surface area (Å²) in [6.45, 7) is 6.27. The van der Waals surface area contributed by atoms with Crippen molar-refractivity contribution in [3.8, 4) is 22.6 Å². The number of likely N-dealkylation sites (tertiary alicyclic amines) is 1. The first-order valence-corrected chi connectivity index (χ1v) is 13.6. The van der Waals surface area contributed by atoms with E-state index in [2.05, 4.69) is 17.0 Å². The average Bonchev–Trinajstić information content (AvgIpc) is 3.49. The number of hydrogen-bond acceptors (Lipinski definition) is 6. The number of carbonyl (C=O) groups is 1. The van der Waals surface area contributed by atoms with Crippen LogP contribution >= 0.6 is 0 Å². The van der Waals surface area contributed by atoms with Gasteiger partial charge in [0.05, 0.1) is 19.3 Å². The van der Waals surface area contributed by atoms with Crippen LogP contribution in [0.25, 0.3) is 11.1 Å². The second kappa shape index (κ2) is 12.2. The normalized spacial score (nSPS) is 20.4. The summed E-state index contributed by atoms with van der Waals surface area (Å²) < 4.78 is 25.4. The maximum absolute atomic E-state index is 13.6. The smallest absolute Gasteiger partial charge is 0.163 e. The Hall–Kier alpha value is -3.42. The molecule has 0 bridgehead atoms. The second-order valence-electron chi connectivity index (χ2n) is 10.6. The Bertz CT molecular complexity index is 1310. The number of nitrogen functional groups attached to an aromatic ring is 1. The van der Waals surface area contributed by atoms with Gasteiger partial charge in [-0.25, -0.2) is 4.39 Å².